The minimum Gasteiger partial charge on any atom is -0.506 e. The quantitative estimate of drug-likeness (QED) is 0.313. The van der Waals surface area contributed by atoms with E-state index in [0.717, 1.165) is 10.0 Å². The van der Waals surface area contributed by atoms with Crippen molar-refractivity contribution in [2.24, 2.45) is 4.99 Å². The third-order valence-corrected chi connectivity index (χ3v) is 7.63. The number of benzene rings is 2. The molecule has 0 bridgehead atoms. The number of nitrogens with zero attached hydrogens (tertiary/aromatic N) is 2. The van der Waals surface area contributed by atoms with Crippen LogP contribution in [0.15, 0.2) is 61.9 Å². The zero-order chi connectivity index (χ0) is 25.3. The van der Waals surface area contributed by atoms with Gasteiger partial charge in [-0.2, -0.15) is 0 Å². The van der Waals surface area contributed by atoms with Gasteiger partial charge in [0.1, 0.15) is 11.5 Å². The van der Waals surface area contributed by atoms with Gasteiger partial charge in [0.2, 0.25) is 0 Å². The Morgan fingerprint density at radius 3 is 2.63 bits per heavy atom. The number of phenolic OH excluding ortho intramolecular Hbond substituents is 1. The maximum absolute atomic E-state index is 13.7. The van der Waals surface area contributed by atoms with Gasteiger partial charge in [0.05, 0.1) is 38.6 Å². The molecule has 1 aliphatic rings. The molecule has 2 aromatic carbocycles. The molecule has 3 aromatic rings. The second-order valence-corrected chi connectivity index (χ2v) is 10.7. The third-order valence-electron chi connectivity index (χ3n) is 5.37. The number of hydrogen-bond donors (Lipinski definition) is 1. The number of carbonyl (C=O) groups is 1. The number of rotatable bonds is 6. The standard InChI is InChI=1S/C25H22BrIN2O5S/c1-4-33-17-8-6-14(7-9-17)21-20(24(32)34-5-2)13(3)28-25-29(21)23(31)19(35-25)11-15-10-16(26)12-18(27)22(15)30/h6-12,21,30H,4-5H2,1-3H3/b19-11-/t21-/m0/s1. The lowest BCUT2D eigenvalue weighted by Gasteiger charge is -2.24. The Labute approximate surface area is 227 Å². The number of phenols is 1. The normalized spacial score (nSPS) is 15.6. The molecule has 7 nitrogen and oxygen atoms in total. The minimum absolute atomic E-state index is 0.0890. The number of ether oxygens (including phenoxy) is 2. The molecule has 0 aliphatic carbocycles. The van der Waals surface area contributed by atoms with Crippen LogP contribution in [0.5, 0.6) is 11.5 Å². The van der Waals surface area contributed by atoms with Gasteiger partial charge in [-0.25, -0.2) is 9.79 Å². The fraction of sp³-hybridized carbons (Fsp3) is 0.240. The predicted octanol–water partition coefficient (Wildman–Crippen LogP) is 4.27. The minimum atomic E-state index is -0.709. The molecule has 0 amide bonds. The summed E-state index contributed by atoms with van der Waals surface area (Å²) in [6.07, 6.45) is 1.64. The molecule has 0 radical (unpaired) electrons. The zero-order valence-corrected chi connectivity index (χ0v) is 23.7. The molecule has 0 saturated carbocycles. The van der Waals surface area contributed by atoms with Gasteiger partial charge in [0, 0.05) is 10.0 Å². The molecule has 10 heteroatoms. The highest BCUT2D eigenvalue weighted by Crippen LogP contribution is 2.32. The highest BCUT2D eigenvalue weighted by atomic mass is 127. The first-order valence-corrected chi connectivity index (χ1v) is 13.5. The summed E-state index contributed by atoms with van der Waals surface area (Å²) in [5.41, 5.74) is 1.74. The number of aromatic hydroxyl groups is 1. The van der Waals surface area contributed by atoms with Crippen molar-refractivity contribution in [3.63, 3.8) is 0 Å². The van der Waals surface area contributed by atoms with Gasteiger partial charge in [-0.1, -0.05) is 39.4 Å². The summed E-state index contributed by atoms with van der Waals surface area (Å²) in [5.74, 6) is 0.272. The van der Waals surface area contributed by atoms with E-state index in [9.17, 15) is 14.7 Å². The molecular weight excluding hydrogens is 647 g/mol. The van der Waals surface area contributed by atoms with E-state index in [2.05, 4.69) is 20.9 Å². The Morgan fingerprint density at radius 2 is 1.97 bits per heavy atom. The van der Waals surface area contributed by atoms with Crippen molar-refractivity contribution in [2.45, 2.75) is 26.8 Å². The van der Waals surface area contributed by atoms with Crippen LogP contribution in [0.1, 0.15) is 37.9 Å². The SMILES string of the molecule is CCOC(=O)C1=C(C)N=c2s/c(=C\c3cc(Br)cc(I)c3O)c(=O)n2[C@H]1c1ccc(OCC)cc1. The van der Waals surface area contributed by atoms with Crippen LogP contribution in [-0.4, -0.2) is 28.9 Å². The lowest BCUT2D eigenvalue weighted by molar-refractivity contribution is -0.139. The van der Waals surface area contributed by atoms with Gasteiger partial charge in [0.15, 0.2) is 4.80 Å². The van der Waals surface area contributed by atoms with Crippen molar-refractivity contribution < 1.29 is 19.4 Å². The summed E-state index contributed by atoms with van der Waals surface area (Å²) in [5, 5.41) is 10.5. The molecular formula is C25H22BrIN2O5S. The predicted molar refractivity (Wildman–Crippen MR) is 147 cm³/mol. The van der Waals surface area contributed by atoms with Crippen LogP contribution in [0.25, 0.3) is 6.08 Å². The lowest BCUT2D eigenvalue weighted by atomic mass is 9.96. The van der Waals surface area contributed by atoms with Crippen LogP contribution in [0.3, 0.4) is 0 Å². The summed E-state index contributed by atoms with van der Waals surface area (Å²) >= 11 is 6.68. The number of esters is 1. The van der Waals surface area contributed by atoms with Gasteiger partial charge in [-0.3, -0.25) is 9.36 Å². The van der Waals surface area contributed by atoms with Gasteiger partial charge >= 0.3 is 5.97 Å². The second kappa shape index (κ2) is 10.7. The Bertz CT molecular complexity index is 1510. The average molecular weight is 669 g/mol. The average Bonchev–Trinajstić information content (AvgIpc) is 3.11. The molecule has 1 atom stereocenters. The van der Waals surface area contributed by atoms with Gasteiger partial charge in [-0.05, 0) is 79.3 Å². The van der Waals surface area contributed by atoms with Crippen molar-refractivity contribution in [2.75, 3.05) is 13.2 Å². The number of aromatic nitrogens is 1. The molecule has 0 saturated heterocycles. The largest absolute Gasteiger partial charge is 0.506 e. The Kier molecular flexibility index (Phi) is 7.82. The van der Waals surface area contributed by atoms with Crippen molar-refractivity contribution in [3.05, 3.63) is 86.5 Å². The van der Waals surface area contributed by atoms with E-state index < -0.39 is 12.0 Å². The van der Waals surface area contributed by atoms with Crippen molar-refractivity contribution in [1.29, 1.82) is 0 Å². The number of allylic oxidation sites excluding steroid dienone is 1. The fourth-order valence-corrected chi connectivity index (χ4v) is 6.44. The summed E-state index contributed by atoms with van der Waals surface area (Å²) in [7, 11) is 0. The topological polar surface area (TPSA) is 90.1 Å². The van der Waals surface area contributed by atoms with E-state index in [-0.39, 0.29) is 17.9 Å². The maximum atomic E-state index is 13.7. The van der Waals surface area contributed by atoms with E-state index >= 15 is 0 Å². The van der Waals surface area contributed by atoms with Gasteiger partial charge < -0.3 is 14.6 Å². The first-order valence-electron chi connectivity index (χ1n) is 10.9. The number of fused-ring (bicyclic) bond motifs is 1. The van der Waals surface area contributed by atoms with E-state index in [4.69, 9.17) is 9.47 Å². The van der Waals surface area contributed by atoms with E-state index in [0.29, 0.717) is 42.1 Å². The molecule has 0 spiro atoms. The summed E-state index contributed by atoms with van der Waals surface area (Å²) in [4.78, 5) is 31.7. The smallest absolute Gasteiger partial charge is 0.338 e. The third kappa shape index (κ3) is 5.10. The number of thiazole rings is 1. The molecule has 1 aliphatic heterocycles. The highest BCUT2D eigenvalue weighted by molar-refractivity contribution is 14.1. The van der Waals surface area contributed by atoms with Crippen molar-refractivity contribution in [3.8, 4) is 11.5 Å². The number of carbonyl (C=O) groups excluding carboxylic acids is 1. The summed E-state index contributed by atoms with van der Waals surface area (Å²) in [6.45, 7) is 6.12. The monoisotopic (exact) mass is 668 g/mol. The fourth-order valence-electron chi connectivity index (χ4n) is 3.86. The molecule has 1 aromatic heterocycles. The van der Waals surface area contributed by atoms with Crippen LogP contribution in [0, 0.1) is 3.57 Å². The van der Waals surface area contributed by atoms with E-state index in [1.54, 1.807) is 32.1 Å². The molecule has 4 rings (SSSR count). The van der Waals surface area contributed by atoms with Crippen molar-refractivity contribution in [1.82, 2.24) is 4.57 Å². The second-order valence-electron chi connectivity index (χ2n) is 7.63. The first-order chi connectivity index (χ1) is 16.7. The number of halogens is 2. The Morgan fingerprint density at radius 1 is 1.26 bits per heavy atom. The molecule has 182 valence electrons. The molecule has 2 heterocycles. The molecule has 0 fully saturated rings. The summed E-state index contributed by atoms with van der Waals surface area (Å²) in [6, 6.07) is 10.1. The highest BCUT2D eigenvalue weighted by Gasteiger charge is 2.33. The van der Waals surface area contributed by atoms with Crippen LogP contribution >= 0.6 is 49.9 Å². The summed E-state index contributed by atoms with van der Waals surface area (Å²) < 4.78 is 14.2. The van der Waals surface area contributed by atoms with Crippen LogP contribution in [0.2, 0.25) is 0 Å². The van der Waals surface area contributed by atoms with E-state index in [1.165, 1.54) is 15.9 Å². The van der Waals surface area contributed by atoms with Crippen molar-refractivity contribution >= 4 is 61.9 Å². The van der Waals surface area contributed by atoms with Crippen LogP contribution in [-0.2, 0) is 9.53 Å². The van der Waals surface area contributed by atoms with E-state index in [1.807, 2.05) is 53.8 Å². The Hall–Kier alpha value is -2.44. The maximum Gasteiger partial charge on any atom is 0.338 e. The lowest BCUT2D eigenvalue weighted by Crippen LogP contribution is -2.39. The first kappa shape index (κ1) is 25.6. The molecule has 1 N–H and O–H groups in total. The molecule has 0 unspecified atom stereocenters. The zero-order valence-electron chi connectivity index (χ0n) is 19.2. The van der Waals surface area contributed by atoms with Crippen LogP contribution < -0.4 is 19.6 Å². The number of hydrogen-bond acceptors (Lipinski definition) is 7. The Balaban J connectivity index is 1.94. The van der Waals surface area contributed by atoms with Crippen LogP contribution in [0.4, 0.5) is 0 Å². The van der Waals surface area contributed by atoms with Gasteiger partial charge in [0.25, 0.3) is 5.56 Å². The van der Waals surface area contributed by atoms with Gasteiger partial charge in [-0.15, -0.1) is 0 Å². The molecule has 35 heavy (non-hydrogen) atoms.